The average molecular weight is 218 g/mol. The van der Waals surface area contributed by atoms with Crippen LogP contribution >= 0.6 is 0 Å². The second-order valence-electron chi connectivity index (χ2n) is 4.61. The van der Waals surface area contributed by atoms with Crippen LogP contribution in [0.4, 0.5) is 0 Å². The van der Waals surface area contributed by atoms with E-state index in [2.05, 4.69) is 5.32 Å². The van der Waals surface area contributed by atoms with E-state index in [9.17, 15) is 9.90 Å². The lowest BCUT2D eigenvalue weighted by atomic mass is 10.1. The van der Waals surface area contributed by atoms with E-state index < -0.39 is 0 Å². The van der Waals surface area contributed by atoms with Crippen molar-refractivity contribution < 1.29 is 9.90 Å². The molecule has 16 heavy (non-hydrogen) atoms. The van der Waals surface area contributed by atoms with Gasteiger partial charge in [0.2, 0.25) is 5.91 Å². The molecule has 1 N–H and O–H groups in total. The fourth-order valence-electron chi connectivity index (χ4n) is 1.19. The largest absolute Gasteiger partial charge is 0.872 e. The lowest BCUT2D eigenvalue weighted by molar-refractivity contribution is -0.268. The van der Waals surface area contributed by atoms with Crippen molar-refractivity contribution in [3.8, 4) is 5.75 Å². The first-order valence-corrected chi connectivity index (χ1v) is 5.15. The zero-order valence-corrected chi connectivity index (χ0v) is 9.78. The number of para-hydroxylation sites is 1. The van der Waals surface area contributed by atoms with Gasteiger partial charge in [-0.25, -0.2) is 0 Å². The number of nitrogens with one attached hydrogen (secondary N) is 1. The molecule has 0 bridgehead atoms. The summed E-state index contributed by atoms with van der Waals surface area (Å²) in [6, 6.07) is 6.60. The van der Waals surface area contributed by atoms with Crippen molar-refractivity contribution in [1.82, 2.24) is 5.32 Å². The molecule has 0 saturated carbocycles. The van der Waals surface area contributed by atoms with Gasteiger partial charge in [0.25, 0.3) is 0 Å². The average Bonchev–Trinajstić information content (AvgIpc) is 2.14. The standard InChI is InChI=1S/C13H17NO2/c1-13(2,3)14-12(16)9-8-10-6-4-5-7-11(10)15/h4-9,15H,1-3H3,(H,14,16)/p-1/b9-8+. The smallest absolute Gasteiger partial charge is 0.244 e. The SMILES string of the molecule is CC(C)(C)NC(=O)/C=C/c1ccccc1[O-]. The summed E-state index contributed by atoms with van der Waals surface area (Å²) >= 11 is 0. The zero-order chi connectivity index (χ0) is 12.2. The molecule has 1 rings (SSSR count). The van der Waals surface area contributed by atoms with E-state index >= 15 is 0 Å². The first kappa shape index (κ1) is 12.3. The van der Waals surface area contributed by atoms with Crippen LogP contribution in [0.15, 0.2) is 30.3 Å². The topological polar surface area (TPSA) is 52.2 Å². The quantitative estimate of drug-likeness (QED) is 0.768. The summed E-state index contributed by atoms with van der Waals surface area (Å²) in [5.41, 5.74) is 0.254. The van der Waals surface area contributed by atoms with Gasteiger partial charge in [-0.3, -0.25) is 4.79 Å². The summed E-state index contributed by atoms with van der Waals surface area (Å²) in [7, 11) is 0. The highest BCUT2D eigenvalue weighted by molar-refractivity contribution is 5.92. The van der Waals surface area contributed by atoms with Gasteiger partial charge in [0.05, 0.1) is 0 Å². The minimum absolute atomic E-state index is 0.0812. The van der Waals surface area contributed by atoms with Gasteiger partial charge in [-0.05, 0) is 26.3 Å². The second-order valence-corrected chi connectivity index (χ2v) is 4.61. The molecule has 3 heteroatoms. The Morgan fingerprint density at radius 3 is 2.50 bits per heavy atom. The fourth-order valence-corrected chi connectivity index (χ4v) is 1.19. The molecule has 0 radical (unpaired) electrons. The van der Waals surface area contributed by atoms with E-state index in [4.69, 9.17) is 0 Å². The van der Waals surface area contributed by atoms with Crippen molar-refractivity contribution in [2.75, 3.05) is 0 Å². The van der Waals surface area contributed by atoms with Crippen molar-refractivity contribution >= 4 is 12.0 Å². The van der Waals surface area contributed by atoms with Crippen LogP contribution in [0.1, 0.15) is 26.3 Å². The van der Waals surface area contributed by atoms with Crippen molar-refractivity contribution in [1.29, 1.82) is 0 Å². The predicted octanol–water partition coefficient (Wildman–Crippen LogP) is 1.69. The van der Waals surface area contributed by atoms with Crippen molar-refractivity contribution in [2.45, 2.75) is 26.3 Å². The third-order valence-corrected chi connectivity index (χ3v) is 1.83. The Hall–Kier alpha value is -1.77. The van der Waals surface area contributed by atoms with Gasteiger partial charge in [0.15, 0.2) is 0 Å². The minimum atomic E-state index is -0.265. The van der Waals surface area contributed by atoms with E-state index in [-0.39, 0.29) is 17.2 Å². The van der Waals surface area contributed by atoms with Crippen LogP contribution in [0.25, 0.3) is 6.08 Å². The number of carbonyl (C=O) groups excluding carboxylic acids is 1. The summed E-state index contributed by atoms with van der Waals surface area (Å²) in [6.07, 6.45) is 2.91. The molecule has 0 aromatic heterocycles. The van der Waals surface area contributed by atoms with E-state index in [1.54, 1.807) is 18.2 Å². The van der Waals surface area contributed by atoms with Crippen LogP contribution in [0.3, 0.4) is 0 Å². The Bertz CT molecular complexity index is 403. The molecule has 0 aliphatic rings. The Morgan fingerprint density at radius 2 is 1.94 bits per heavy atom. The molecule has 0 aliphatic carbocycles. The molecule has 1 aromatic carbocycles. The molecule has 86 valence electrons. The fraction of sp³-hybridized carbons (Fsp3) is 0.308. The van der Waals surface area contributed by atoms with E-state index in [0.29, 0.717) is 5.56 Å². The summed E-state index contributed by atoms with van der Waals surface area (Å²) in [6.45, 7) is 5.71. The van der Waals surface area contributed by atoms with Gasteiger partial charge in [-0.15, -0.1) is 5.75 Å². The molecular formula is C13H16NO2-. The number of benzene rings is 1. The number of amides is 1. The van der Waals surface area contributed by atoms with E-state index in [1.165, 1.54) is 18.2 Å². The van der Waals surface area contributed by atoms with Gasteiger partial charge in [0, 0.05) is 11.6 Å². The molecular weight excluding hydrogens is 202 g/mol. The maximum absolute atomic E-state index is 11.4. The Morgan fingerprint density at radius 1 is 1.31 bits per heavy atom. The van der Waals surface area contributed by atoms with Crippen LogP contribution in [0, 0.1) is 0 Å². The lowest BCUT2D eigenvalue weighted by Crippen LogP contribution is -2.39. The van der Waals surface area contributed by atoms with Gasteiger partial charge in [-0.2, -0.15) is 0 Å². The maximum Gasteiger partial charge on any atom is 0.244 e. The normalized spacial score (nSPS) is 11.7. The van der Waals surface area contributed by atoms with E-state index in [0.717, 1.165) is 0 Å². The number of hydrogen-bond acceptors (Lipinski definition) is 2. The van der Waals surface area contributed by atoms with Crippen molar-refractivity contribution in [3.05, 3.63) is 35.9 Å². The summed E-state index contributed by atoms with van der Waals surface area (Å²) in [4.78, 5) is 11.4. The molecule has 0 atom stereocenters. The Labute approximate surface area is 95.8 Å². The molecule has 0 unspecified atom stereocenters. The maximum atomic E-state index is 11.4. The zero-order valence-electron chi connectivity index (χ0n) is 9.78. The predicted molar refractivity (Wildman–Crippen MR) is 62.8 cm³/mol. The third-order valence-electron chi connectivity index (χ3n) is 1.83. The molecule has 0 spiro atoms. The molecule has 1 aromatic rings. The summed E-state index contributed by atoms with van der Waals surface area (Å²) in [5.74, 6) is -0.280. The number of rotatable bonds is 2. The molecule has 0 heterocycles. The molecule has 0 saturated heterocycles. The second kappa shape index (κ2) is 4.84. The van der Waals surface area contributed by atoms with Gasteiger partial charge in [-0.1, -0.05) is 30.3 Å². The van der Waals surface area contributed by atoms with Crippen molar-refractivity contribution in [2.24, 2.45) is 0 Å². The van der Waals surface area contributed by atoms with Gasteiger partial charge >= 0.3 is 0 Å². The minimum Gasteiger partial charge on any atom is -0.872 e. The summed E-state index contributed by atoms with van der Waals surface area (Å²) < 4.78 is 0. The van der Waals surface area contributed by atoms with Crippen LogP contribution in [-0.4, -0.2) is 11.4 Å². The van der Waals surface area contributed by atoms with Gasteiger partial charge < -0.3 is 10.4 Å². The number of carbonyl (C=O) groups is 1. The third kappa shape index (κ3) is 4.17. The highest BCUT2D eigenvalue weighted by Crippen LogP contribution is 2.13. The van der Waals surface area contributed by atoms with Crippen molar-refractivity contribution in [3.63, 3.8) is 0 Å². The Balaban J connectivity index is 2.68. The highest BCUT2D eigenvalue weighted by Gasteiger charge is 2.10. The molecule has 0 aliphatic heterocycles. The monoisotopic (exact) mass is 218 g/mol. The molecule has 1 amide bonds. The lowest BCUT2D eigenvalue weighted by Gasteiger charge is -2.19. The first-order chi connectivity index (χ1) is 7.38. The van der Waals surface area contributed by atoms with E-state index in [1.807, 2.05) is 20.8 Å². The van der Waals surface area contributed by atoms with Gasteiger partial charge in [0.1, 0.15) is 0 Å². The summed E-state index contributed by atoms with van der Waals surface area (Å²) in [5, 5.41) is 14.1. The Kier molecular flexibility index (Phi) is 3.72. The van der Waals surface area contributed by atoms with Crippen LogP contribution in [0.5, 0.6) is 5.75 Å². The van der Waals surface area contributed by atoms with Crippen LogP contribution in [0.2, 0.25) is 0 Å². The highest BCUT2D eigenvalue weighted by atomic mass is 16.3. The van der Waals surface area contributed by atoms with Crippen LogP contribution < -0.4 is 10.4 Å². The molecule has 3 nitrogen and oxygen atoms in total. The number of hydrogen-bond donors (Lipinski definition) is 1. The molecule has 0 fully saturated rings. The van der Waals surface area contributed by atoms with Crippen LogP contribution in [-0.2, 0) is 4.79 Å². The first-order valence-electron chi connectivity index (χ1n) is 5.15.